The van der Waals surface area contributed by atoms with Crippen LogP contribution in [0.5, 0.6) is 5.75 Å². The fourth-order valence-corrected chi connectivity index (χ4v) is 2.40. The third-order valence-electron chi connectivity index (χ3n) is 3.66. The zero-order valence-corrected chi connectivity index (χ0v) is 13.8. The molecule has 1 N–H and O–H groups in total. The van der Waals surface area contributed by atoms with E-state index in [1.807, 2.05) is 6.92 Å². The van der Waals surface area contributed by atoms with E-state index in [1.165, 1.54) is 23.1 Å². The zero-order chi connectivity index (χ0) is 18.5. The van der Waals surface area contributed by atoms with Gasteiger partial charge < -0.3 is 10.1 Å². The SMILES string of the molecule is Cc1cc(C(=O)NCc2ccc(OC(F)F)cc2)ccc1-n1cnnn1. The average Bonchev–Trinajstić information content (AvgIpc) is 3.14. The molecule has 0 bridgehead atoms. The van der Waals surface area contributed by atoms with E-state index in [-0.39, 0.29) is 18.2 Å². The van der Waals surface area contributed by atoms with Crippen LogP contribution in [0.15, 0.2) is 48.8 Å². The molecule has 7 nitrogen and oxygen atoms in total. The highest BCUT2D eigenvalue weighted by atomic mass is 19.3. The molecule has 0 aliphatic carbocycles. The zero-order valence-electron chi connectivity index (χ0n) is 13.8. The molecular weight excluding hydrogens is 344 g/mol. The van der Waals surface area contributed by atoms with Crippen LogP contribution >= 0.6 is 0 Å². The van der Waals surface area contributed by atoms with Crippen molar-refractivity contribution in [3.8, 4) is 11.4 Å². The number of tetrazole rings is 1. The molecule has 26 heavy (non-hydrogen) atoms. The number of ether oxygens (including phenoxy) is 1. The van der Waals surface area contributed by atoms with Gasteiger partial charge >= 0.3 is 6.61 Å². The lowest BCUT2D eigenvalue weighted by Gasteiger charge is -2.09. The number of carbonyl (C=O) groups is 1. The molecule has 0 aliphatic heterocycles. The van der Waals surface area contributed by atoms with Crippen LogP contribution in [0.3, 0.4) is 0 Å². The Kier molecular flexibility index (Phi) is 5.16. The van der Waals surface area contributed by atoms with Crippen LogP contribution in [0.4, 0.5) is 8.78 Å². The first-order valence-electron chi connectivity index (χ1n) is 7.69. The quantitative estimate of drug-likeness (QED) is 0.731. The minimum Gasteiger partial charge on any atom is -0.435 e. The van der Waals surface area contributed by atoms with E-state index in [4.69, 9.17) is 0 Å². The molecule has 0 aliphatic rings. The lowest BCUT2D eigenvalue weighted by molar-refractivity contribution is -0.0498. The number of amides is 1. The van der Waals surface area contributed by atoms with Crippen LogP contribution in [0.1, 0.15) is 21.5 Å². The number of halogens is 2. The Morgan fingerprint density at radius 2 is 2.00 bits per heavy atom. The molecule has 0 saturated carbocycles. The Labute approximate surface area is 147 Å². The van der Waals surface area contributed by atoms with Crippen molar-refractivity contribution in [2.75, 3.05) is 0 Å². The topological polar surface area (TPSA) is 81.9 Å². The molecule has 1 heterocycles. The van der Waals surface area contributed by atoms with E-state index in [0.29, 0.717) is 5.56 Å². The predicted molar refractivity (Wildman–Crippen MR) is 88.1 cm³/mol. The molecule has 2 aromatic carbocycles. The Hall–Kier alpha value is -3.36. The number of hydrogen-bond acceptors (Lipinski definition) is 5. The summed E-state index contributed by atoms with van der Waals surface area (Å²) >= 11 is 0. The van der Waals surface area contributed by atoms with Gasteiger partial charge in [0.05, 0.1) is 5.69 Å². The first-order chi connectivity index (χ1) is 12.5. The number of alkyl halides is 2. The van der Waals surface area contributed by atoms with Gasteiger partial charge in [-0.15, -0.1) is 5.10 Å². The summed E-state index contributed by atoms with van der Waals surface area (Å²) in [4.78, 5) is 12.3. The molecular formula is C17H15F2N5O2. The number of rotatable bonds is 6. The minimum absolute atomic E-state index is 0.0730. The number of aromatic nitrogens is 4. The third-order valence-corrected chi connectivity index (χ3v) is 3.66. The van der Waals surface area contributed by atoms with Crippen LogP contribution in [-0.2, 0) is 6.54 Å². The second-order valence-electron chi connectivity index (χ2n) is 5.46. The fourth-order valence-electron chi connectivity index (χ4n) is 2.40. The summed E-state index contributed by atoms with van der Waals surface area (Å²) in [5.41, 5.74) is 2.89. The Morgan fingerprint density at radius 1 is 1.23 bits per heavy atom. The Morgan fingerprint density at radius 3 is 2.62 bits per heavy atom. The molecule has 0 radical (unpaired) electrons. The molecule has 1 aromatic heterocycles. The summed E-state index contributed by atoms with van der Waals surface area (Å²) < 4.78 is 30.0. The number of carbonyl (C=O) groups excluding carboxylic acids is 1. The number of benzene rings is 2. The summed E-state index contributed by atoms with van der Waals surface area (Å²) in [6.45, 7) is -0.739. The molecule has 9 heteroatoms. The van der Waals surface area contributed by atoms with Crippen molar-refractivity contribution in [1.29, 1.82) is 0 Å². The van der Waals surface area contributed by atoms with Crippen LogP contribution in [0.2, 0.25) is 0 Å². The maximum Gasteiger partial charge on any atom is 0.387 e. The summed E-state index contributed by atoms with van der Waals surface area (Å²) in [6, 6.07) is 11.3. The second-order valence-corrected chi connectivity index (χ2v) is 5.46. The van der Waals surface area contributed by atoms with Gasteiger partial charge in [-0.2, -0.15) is 8.78 Å². The molecule has 1 amide bonds. The average molecular weight is 359 g/mol. The fraction of sp³-hybridized carbons (Fsp3) is 0.176. The maximum atomic E-state index is 12.3. The number of nitrogens with one attached hydrogen (secondary N) is 1. The van der Waals surface area contributed by atoms with Crippen molar-refractivity contribution in [2.45, 2.75) is 20.1 Å². The van der Waals surface area contributed by atoms with E-state index >= 15 is 0 Å². The van der Waals surface area contributed by atoms with Crippen molar-refractivity contribution >= 4 is 5.91 Å². The first-order valence-corrected chi connectivity index (χ1v) is 7.69. The van der Waals surface area contributed by atoms with Crippen molar-refractivity contribution < 1.29 is 18.3 Å². The summed E-state index contributed by atoms with van der Waals surface area (Å²) in [7, 11) is 0. The lowest BCUT2D eigenvalue weighted by Crippen LogP contribution is -2.23. The highest BCUT2D eigenvalue weighted by Gasteiger charge is 2.10. The third kappa shape index (κ3) is 4.18. The number of nitrogens with zero attached hydrogens (tertiary/aromatic N) is 4. The predicted octanol–water partition coefficient (Wildman–Crippen LogP) is 2.50. The monoisotopic (exact) mass is 359 g/mol. The van der Waals surface area contributed by atoms with Gasteiger partial charge in [-0.1, -0.05) is 12.1 Å². The van der Waals surface area contributed by atoms with Crippen LogP contribution in [0, 0.1) is 6.92 Å². The summed E-state index contributed by atoms with van der Waals surface area (Å²) in [5, 5.41) is 13.8. The van der Waals surface area contributed by atoms with Gasteiger partial charge in [0.25, 0.3) is 5.91 Å². The molecule has 0 unspecified atom stereocenters. The van der Waals surface area contributed by atoms with Gasteiger partial charge in [0, 0.05) is 12.1 Å². The van der Waals surface area contributed by atoms with Gasteiger partial charge in [-0.05, 0) is 58.8 Å². The molecule has 3 rings (SSSR count). The largest absolute Gasteiger partial charge is 0.435 e. The first kappa shape index (κ1) is 17.5. The highest BCUT2D eigenvalue weighted by molar-refractivity contribution is 5.94. The number of hydrogen-bond donors (Lipinski definition) is 1. The van der Waals surface area contributed by atoms with Crippen LogP contribution in [-0.4, -0.2) is 32.7 Å². The second kappa shape index (κ2) is 7.68. The van der Waals surface area contributed by atoms with E-state index in [9.17, 15) is 13.6 Å². The van der Waals surface area contributed by atoms with Gasteiger partial charge in [0.1, 0.15) is 12.1 Å². The molecule has 0 atom stereocenters. The van der Waals surface area contributed by atoms with Crippen molar-refractivity contribution in [3.05, 3.63) is 65.5 Å². The van der Waals surface area contributed by atoms with E-state index in [0.717, 1.165) is 16.8 Å². The van der Waals surface area contributed by atoms with Crippen LogP contribution in [0.25, 0.3) is 5.69 Å². The molecule has 0 spiro atoms. The van der Waals surface area contributed by atoms with Crippen molar-refractivity contribution in [2.24, 2.45) is 0 Å². The minimum atomic E-state index is -2.86. The smallest absolute Gasteiger partial charge is 0.387 e. The number of aryl methyl sites for hydroxylation is 1. The molecule has 134 valence electrons. The van der Waals surface area contributed by atoms with Gasteiger partial charge in [-0.3, -0.25) is 4.79 Å². The Balaban J connectivity index is 1.62. The van der Waals surface area contributed by atoms with Crippen molar-refractivity contribution in [1.82, 2.24) is 25.5 Å². The van der Waals surface area contributed by atoms with E-state index < -0.39 is 6.61 Å². The van der Waals surface area contributed by atoms with Crippen LogP contribution < -0.4 is 10.1 Å². The molecule has 3 aromatic rings. The van der Waals surface area contributed by atoms with E-state index in [2.05, 4.69) is 25.6 Å². The summed E-state index contributed by atoms with van der Waals surface area (Å²) in [6.07, 6.45) is 1.48. The highest BCUT2D eigenvalue weighted by Crippen LogP contribution is 2.16. The summed E-state index contributed by atoms with van der Waals surface area (Å²) in [5.74, 6) is -0.173. The van der Waals surface area contributed by atoms with Gasteiger partial charge in [0.2, 0.25) is 0 Å². The normalized spacial score (nSPS) is 10.8. The van der Waals surface area contributed by atoms with Gasteiger partial charge in [-0.25, -0.2) is 4.68 Å². The standard InChI is InChI=1S/C17H15F2N5O2/c1-11-8-13(4-7-15(11)24-10-21-22-23-24)16(25)20-9-12-2-5-14(6-3-12)26-17(18)19/h2-8,10,17H,9H2,1H3,(H,20,25). The molecule has 0 fully saturated rings. The molecule has 0 saturated heterocycles. The lowest BCUT2D eigenvalue weighted by atomic mass is 10.1. The van der Waals surface area contributed by atoms with E-state index in [1.54, 1.807) is 30.3 Å². The Bertz CT molecular complexity index is 883. The van der Waals surface area contributed by atoms with Gasteiger partial charge in [0.15, 0.2) is 0 Å². The van der Waals surface area contributed by atoms with Crippen molar-refractivity contribution in [3.63, 3.8) is 0 Å². The maximum absolute atomic E-state index is 12.3.